The van der Waals surface area contributed by atoms with Crippen molar-refractivity contribution in [2.24, 2.45) is 5.41 Å². The maximum atomic E-state index is 14.3. The molecule has 4 atom stereocenters. The number of nitrogens with one attached hydrogen (secondary N) is 2. The number of hydrogen-bond donors (Lipinski definition) is 2. The predicted molar refractivity (Wildman–Crippen MR) is 245 cm³/mol. The number of aromatic nitrogens is 2. The molecule has 13 nitrogen and oxygen atoms in total. The van der Waals surface area contributed by atoms with E-state index >= 15 is 0 Å². The second kappa shape index (κ2) is 18.0. The fraction of sp³-hybridized carbons (Fsp3) is 0.633. The Labute approximate surface area is 368 Å². The van der Waals surface area contributed by atoms with Gasteiger partial charge in [0.15, 0.2) is 0 Å². The van der Waals surface area contributed by atoms with Crippen LogP contribution in [0.2, 0.25) is 0 Å². The topological polar surface area (TPSA) is 125 Å². The number of hydrazine groups is 1. The van der Waals surface area contributed by atoms with E-state index in [9.17, 15) is 14.4 Å². The van der Waals surface area contributed by atoms with E-state index in [4.69, 9.17) is 14.5 Å². The first kappa shape index (κ1) is 44.2. The molecule has 8 rings (SSSR count). The first-order valence-corrected chi connectivity index (χ1v) is 23.4. The van der Waals surface area contributed by atoms with Gasteiger partial charge in [-0.1, -0.05) is 46.3 Å². The average molecular weight is 851 g/mol. The largest absolute Gasteiger partial charge is 0.464 e. The van der Waals surface area contributed by atoms with E-state index in [0.29, 0.717) is 38.4 Å². The molecule has 7 heterocycles. The van der Waals surface area contributed by atoms with Crippen LogP contribution in [-0.4, -0.2) is 125 Å². The van der Waals surface area contributed by atoms with Gasteiger partial charge in [-0.25, -0.2) is 10.2 Å². The number of ether oxygens (including phenoxy) is 2. The number of fused-ring (bicyclic) bond motifs is 7. The minimum Gasteiger partial charge on any atom is -0.464 e. The summed E-state index contributed by atoms with van der Waals surface area (Å²) in [4.78, 5) is 54.1. The number of amides is 2. The molecule has 0 aliphatic carbocycles. The highest BCUT2D eigenvalue weighted by molar-refractivity contribution is 5.95. The Hall–Kier alpha value is -4.46. The fourth-order valence-corrected chi connectivity index (χ4v) is 10.4. The lowest BCUT2D eigenvalue weighted by molar-refractivity contribution is -0.155. The number of rotatable bonds is 5. The molecular weight excluding hydrogens is 781 g/mol. The second-order valence-corrected chi connectivity index (χ2v) is 20.4. The van der Waals surface area contributed by atoms with E-state index in [1.54, 1.807) is 20.8 Å². The molecule has 3 aromatic rings. The molecule has 2 amide bonds. The molecule has 0 saturated carbocycles. The predicted octanol–water partition coefficient (Wildman–Crippen LogP) is 7.12. The Morgan fingerprint density at radius 2 is 1.85 bits per heavy atom. The van der Waals surface area contributed by atoms with Gasteiger partial charge in [-0.15, -0.1) is 0 Å². The lowest BCUT2D eigenvalue weighted by atomic mass is 9.83. The summed E-state index contributed by atoms with van der Waals surface area (Å²) in [6.45, 7) is 23.9. The summed E-state index contributed by atoms with van der Waals surface area (Å²) in [5.74, 6) is -0.481. The molecule has 1 aromatic carbocycles. The SMILES string of the molecule is CCn1c(-c2cc(N3CCN4CCCC[C@@H]4C3)cnc2C(C)C)c2c3cc(ccc31)C1=CCCN(C1)C[C@H](NC(=O)OC(C)(C)C)C(=O)N1CCC[C@H](N1)C(=O)OCC(C)(C)C2. The molecular formula is C49H70N8O5. The fourth-order valence-electron chi connectivity index (χ4n) is 10.4. The van der Waals surface area contributed by atoms with Gasteiger partial charge in [-0.05, 0) is 114 Å². The highest BCUT2D eigenvalue weighted by Gasteiger charge is 2.37. The van der Waals surface area contributed by atoms with Crippen molar-refractivity contribution in [2.75, 3.05) is 63.9 Å². The quantitative estimate of drug-likeness (QED) is 0.257. The summed E-state index contributed by atoms with van der Waals surface area (Å²) < 4.78 is 14.3. The van der Waals surface area contributed by atoms with Gasteiger partial charge in [0.05, 0.1) is 29.9 Å². The van der Waals surface area contributed by atoms with Crippen molar-refractivity contribution in [1.82, 2.24) is 35.1 Å². The van der Waals surface area contributed by atoms with Gasteiger partial charge in [-0.3, -0.25) is 29.4 Å². The molecule has 0 radical (unpaired) electrons. The first-order valence-electron chi connectivity index (χ1n) is 23.4. The van der Waals surface area contributed by atoms with E-state index in [1.165, 1.54) is 69.8 Å². The lowest BCUT2D eigenvalue weighted by Gasteiger charge is -2.45. The van der Waals surface area contributed by atoms with Gasteiger partial charge in [0.1, 0.15) is 17.7 Å². The number of esters is 1. The number of hydrogen-bond acceptors (Lipinski definition) is 10. The van der Waals surface area contributed by atoms with Gasteiger partial charge < -0.3 is 24.3 Å². The molecule has 3 fully saturated rings. The Kier molecular flexibility index (Phi) is 12.8. The van der Waals surface area contributed by atoms with E-state index in [0.717, 1.165) is 50.4 Å². The van der Waals surface area contributed by atoms with Gasteiger partial charge in [0, 0.05) is 80.3 Å². The van der Waals surface area contributed by atoms with E-state index in [1.807, 2.05) is 0 Å². The number of piperidine rings is 1. The number of piperazine rings is 1. The van der Waals surface area contributed by atoms with Crippen molar-refractivity contribution in [3.05, 3.63) is 53.4 Å². The Bertz CT molecular complexity index is 2190. The number of carbonyl (C=O) groups is 3. The smallest absolute Gasteiger partial charge is 0.408 e. The molecule has 1 unspecified atom stereocenters. The molecule has 2 N–H and O–H groups in total. The minimum absolute atomic E-state index is 0.204. The zero-order valence-corrected chi connectivity index (χ0v) is 38.5. The van der Waals surface area contributed by atoms with Crippen molar-refractivity contribution < 1.29 is 23.9 Å². The lowest BCUT2D eigenvalue weighted by Crippen LogP contribution is -2.62. The summed E-state index contributed by atoms with van der Waals surface area (Å²) in [5, 5.41) is 5.58. The number of aryl methyl sites for hydroxylation is 1. The first-order chi connectivity index (χ1) is 29.6. The van der Waals surface area contributed by atoms with Crippen molar-refractivity contribution in [3.63, 3.8) is 0 Å². The number of alkyl carbamates (subject to hydrolysis) is 1. The van der Waals surface area contributed by atoms with Crippen LogP contribution in [0.5, 0.6) is 0 Å². The van der Waals surface area contributed by atoms with Gasteiger partial charge in [0.2, 0.25) is 0 Å². The normalized spacial score (nSPS) is 25.2. The maximum Gasteiger partial charge on any atom is 0.408 e. The highest BCUT2D eigenvalue weighted by atomic mass is 16.6. The zero-order valence-electron chi connectivity index (χ0n) is 38.5. The van der Waals surface area contributed by atoms with E-state index in [-0.39, 0.29) is 30.9 Å². The minimum atomic E-state index is -0.898. The van der Waals surface area contributed by atoms with Crippen LogP contribution in [0.15, 0.2) is 36.5 Å². The van der Waals surface area contributed by atoms with Crippen molar-refractivity contribution in [3.8, 4) is 11.3 Å². The van der Waals surface area contributed by atoms with Crippen LogP contribution in [0.1, 0.15) is 117 Å². The summed E-state index contributed by atoms with van der Waals surface area (Å²) in [7, 11) is 0. The van der Waals surface area contributed by atoms with Crippen LogP contribution in [-0.2, 0) is 32.0 Å². The third-order valence-electron chi connectivity index (χ3n) is 13.4. The summed E-state index contributed by atoms with van der Waals surface area (Å²) in [6.07, 6.45) is 10.3. The number of benzene rings is 1. The van der Waals surface area contributed by atoms with Gasteiger partial charge in [-0.2, -0.15) is 0 Å². The van der Waals surface area contributed by atoms with E-state index in [2.05, 4.69) is 101 Å². The Balaban J connectivity index is 1.22. The Morgan fingerprint density at radius 3 is 2.63 bits per heavy atom. The van der Waals surface area contributed by atoms with Crippen molar-refractivity contribution >= 4 is 40.1 Å². The molecule has 5 aliphatic heterocycles. The molecule has 0 spiro atoms. The molecule has 336 valence electrons. The second-order valence-electron chi connectivity index (χ2n) is 20.4. The standard InChI is InChI=1S/C49H70N8O5/c1-9-56-42-18-17-33-24-37(42)39(44(56)38-25-36(27-50-43(38)32(2)3)55-23-22-54-20-11-10-15-35(54)29-55)26-49(7,8)31-61-46(59)40-16-13-21-57(52-40)45(58)41(51-47(60)62-48(4,5)6)30-53-19-12-14-34(33)28-53/h14,17-18,24-25,27,32,35,40-41,52H,9-13,15-16,19-23,26,28-31H2,1-8H3,(H,51,60)/t35-,40+,41+/m1/s1. The van der Waals surface area contributed by atoms with Crippen LogP contribution in [0.4, 0.5) is 10.5 Å². The highest BCUT2D eigenvalue weighted by Crippen LogP contribution is 2.43. The van der Waals surface area contributed by atoms with Crippen LogP contribution in [0.3, 0.4) is 0 Å². The number of nitrogens with zero attached hydrogens (tertiary/aromatic N) is 6. The molecule has 3 saturated heterocycles. The van der Waals surface area contributed by atoms with Crippen molar-refractivity contribution in [1.29, 1.82) is 0 Å². The summed E-state index contributed by atoms with van der Waals surface area (Å²) in [5.41, 5.74) is 11.4. The maximum absolute atomic E-state index is 14.3. The monoisotopic (exact) mass is 851 g/mol. The average Bonchev–Trinajstić information content (AvgIpc) is 3.55. The van der Waals surface area contributed by atoms with Gasteiger partial charge in [0.25, 0.3) is 5.91 Å². The molecule has 2 aromatic heterocycles. The zero-order chi connectivity index (χ0) is 43.9. The number of anilines is 1. The van der Waals surface area contributed by atoms with Crippen LogP contribution in [0, 0.1) is 5.41 Å². The third kappa shape index (κ3) is 9.55. The summed E-state index contributed by atoms with van der Waals surface area (Å²) >= 11 is 0. The van der Waals surface area contributed by atoms with Crippen LogP contribution in [0.25, 0.3) is 27.7 Å². The van der Waals surface area contributed by atoms with Gasteiger partial charge >= 0.3 is 12.1 Å². The Morgan fingerprint density at radius 1 is 1.03 bits per heavy atom. The van der Waals surface area contributed by atoms with Crippen LogP contribution < -0.4 is 15.6 Å². The summed E-state index contributed by atoms with van der Waals surface area (Å²) in [6, 6.07) is 8.29. The van der Waals surface area contributed by atoms with E-state index < -0.39 is 29.2 Å². The number of carbonyl (C=O) groups excluding carboxylic acids is 3. The molecule has 5 aliphatic rings. The molecule has 13 heteroatoms. The molecule has 62 heavy (non-hydrogen) atoms. The number of cyclic esters (lactones) is 1. The molecule has 6 bridgehead atoms. The van der Waals surface area contributed by atoms with Crippen LogP contribution >= 0.6 is 0 Å². The van der Waals surface area contributed by atoms with Crippen molar-refractivity contribution in [2.45, 2.75) is 137 Å². The third-order valence-corrected chi connectivity index (χ3v) is 13.4. The number of pyridine rings is 1.